The largest absolute Gasteiger partial charge is 0.303 e. The molecule has 4 rings (SSSR count). The van der Waals surface area contributed by atoms with E-state index in [2.05, 4.69) is 32.9 Å². The van der Waals surface area contributed by atoms with E-state index in [4.69, 9.17) is 0 Å². The van der Waals surface area contributed by atoms with Crippen LogP contribution < -0.4 is 0 Å². The van der Waals surface area contributed by atoms with E-state index in [-0.39, 0.29) is 0 Å². The molecule has 0 aromatic carbocycles. The minimum atomic E-state index is 0.308. The zero-order chi connectivity index (χ0) is 14.9. The van der Waals surface area contributed by atoms with Crippen LogP contribution in [0.25, 0.3) is 0 Å². The molecule has 0 aromatic rings. The first-order valence-corrected chi connectivity index (χ1v) is 9.09. The summed E-state index contributed by atoms with van der Waals surface area (Å²) in [4.78, 5) is 11.5. The molecular formula is C20H30O. The van der Waals surface area contributed by atoms with Crippen molar-refractivity contribution in [1.29, 1.82) is 0 Å². The molecule has 0 aromatic heterocycles. The third kappa shape index (κ3) is 1.61. The lowest BCUT2D eigenvalue weighted by atomic mass is 9.36. The first-order chi connectivity index (χ1) is 9.94. The maximum Gasteiger partial charge on any atom is 0.123 e. The van der Waals surface area contributed by atoms with Crippen LogP contribution in [0.1, 0.15) is 65.7 Å². The van der Waals surface area contributed by atoms with Crippen LogP contribution in [0.2, 0.25) is 0 Å². The summed E-state index contributed by atoms with van der Waals surface area (Å²) in [5, 5.41) is 0. The third-order valence-electron chi connectivity index (χ3n) is 8.25. The van der Waals surface area contributed by atoms with Crippen LogP contribution in [0.15, 0.2) is 12.2 Å². The number of aldehydes is 1. The second-order valence-corrected chi connectivity index (χ2v) is 9.37. The molecule has 0 aliphatic heterocycles. The van der Waals surface area contributed by atoms with Gasteiger partial charge in [0.05, 0.1) is 0 Å². The van der Waals surface area contributed by atoms with Crippen LogP contribution in [-0.4, -0.2) is 6.29 Å². The molecule has 0 amide bonds. The van der Waals surface area contributed by atoms with E-state index in [1.54, 1.807) is 0 Å². The van der Waals surface area contributed by atoms with Gasteiger partial charge in [0.15, 0.2) is 0 Å². The highest BCUT2D eigenvalue weighted by atomic mass is 16.1. The Morgan fingerprint density at radius 1 is 1.00 bits per heavy atom. The van der Waals surface area contributed by atoms with Crippen LogP contribution >= 0.6 is 0 Å². The van der Waals surface area contributed by atoms with Crippen molar-refractivity contribution in [3.05, 3.63) is 12.2 Å². The average molecular weight is 286 g/mol. The number of hydrogen-bond acceptors (Lipinski definition) is 1. The van der Waals surface area contributed by atoms with Crippen molar-refractivity contribution in [3.63, 3.8) is 0 Å². The molecule has 0 radical (unpaired) electrons. The lowest BCUT2D eigenvalue weighted by molar-refractivity contribution is -0.164. The van der Waals surface area contributed by atoms with Gasteiger partial charge in [-0.3, -0.25) is 0 Å². The van der Waals surface area contributed by atoms with Gasteiger partial charge in [-0.05, 0) is 72.5 Å². The molecule has 0 unspecified atom stereocenters. The Morgan fingerprint density at radius 2 is 1.81 bits per heavy atom. The predicted octanol–water partition coefficient (Wildman–Crippen LogP) is 5.01. The molecule has 116 valence electrons. The van der Waals surface area contributed by atoms with E-state index < -0.39 is 0 Å². The quantitative estimate of drug-likeness (QED) is 0.489. The van der Waals surface area contributed by atoms with E-state index in [0.717, 1.165) is 18.3 Å². The number of carbonyl (C=O) groups is 1. The van der Waals surface area contributed by atoms with Crippen molar-refractivity contribution in [3.8, 4) is 0 Å². The van der Waals surface area contributed by atoms with Crippen molar-refractivity contribution in [2.75, 3.05) is 0 Å². The Kier molecular flexibility index (Phi) is 2.83. The maximum atomic E-state index is 11.5. The molecule has 6 atom stereocenters. The highest BCUT2D eigenvalue weighted by molar-refractivity contribution is 5.57. The molecule has 0 bridgehead atoms. The highest BCUT2D eigenvalue weighted by Gasteiger charge is 2.64. The van der Waals surface area contributed by atoms with Gasteiger partial charge in [0.25, 0.3) is 0 Å². The molecule has 4 aliphatic rings. The van der Waals surface area contributed by atoms with Gasteiger partial charge in [-0.1, -0.05) is 39.3 Å². The van der Waals surface area contributed by atoms with E-state index in [0.29, 0.717) is 28.1 Å². The maximum absolute atomic E-state index is 11.5. The van der Waals surface area contributed by atoms with Crippen molar-refractivity contribution in [2.24, 2.45) is 39.9 Å². The Balaban J connectivity index is 1.73. The summed E-state index contributed by atoms with van der Waals surface area (Å²) in [6, 6.07) is 0. The number of fused-ring (bicyclic) bond motifs is 2. The van der Waals surface area contributed by atoms with Gasteiger partial charge < -0.3 is 4.79 Å². The van der Waals surface area contributed by atoms with Crippen LogP contribution in [0.5, 0.6) is 0 Å². The van der Waals surface area contributed by atoms with Gasteiger partial charge in [0.1, 0.15) is 6.29 Å². The fourth-order valence-corrected chi connectivity index (χ4v) is 7.37. The summed E-state index contributed by atoms with van der Waals surface area (Å²) >= 11 is 0. The van der Waals surface area contributed by atoms with Crippen molar-refractivity contribution < 1.29 is 4.79 Å². The van der Waals surface area contributed by atoms with Crippen molar-refractivity contribution >= 4 is 6.29 Å². The van der Waals surface area contributed by atoms with Gasteiger partial charge in [0.2, 0.25) is 0 Å². The van der Waals surface area contributed by atoms with E-state index >= 15 is 0 Å². The summed E-state index contributed by atoms with van der Waals surface area (Å²) in [5.74, 6) is 2.59. The molecule has 3 fully saturated rings. The average Bonchev–Trinajstić information content (AvgIpc) is 2.40. The van der Waals surface area contributed by atoms with Gasteiger partial charge in [-0.15, -0.1) is 0 Å². The second kappa shape index (κ2) is 4.24. The lowest BCUT2D eigenvalue weighted by Crippen LogP contribution is -2.61. The number of carbonyl (C=O) groups excluding carboxylic acids is 1. The smallest absolute Gasteiger partial charge is 0.123 e. The number of rotatable bonds is 1. The monoisotopic (exact) mass is 286 g/mol. The molecule has 4 aliphatic carbocycles. The minimum Gasteiger partial charge on any atom is -0.303 e. The molecule has 0 heterocycles. The Hall–Kier alpha value is -0.590. The molecular weight excluding hydrogens is 256 g/mol. The van der Waals surface area contributed by atoms with Gasteiger partial charge in [-0.25, -0.2) is 0 Å². The molecule has 0 saturated heterocycles. The van der Waals surface area contributed by atoms with E-state index in [1.807, 2.05) is 0 Å². The van der Waals surface area contributed by atoms with Gasteiger partial charge in [0, 0.05) is 5.92 Å². The Bertz CT molecular complexity index is 490. The fourth-order valence-electron chi connectivity index (χ4n) is 7.37. The first kappa shape index (κ1) is 14.0. The summed E-state index contributed by atoms with van der Waals surface area (Å²) in [6.07, 6.45) is 15.5. The highest BCUT2D eigenvalue weighted by Crippen LogP contribution is 2.71. The normalized spacial score (nSPS) is 53.9. The third-order valence-corrected chi connectivity index (χ3v) is 8.25. The van der Waals surface area contributed by atoms with Crippen molar-refractivity contribution in [2.45, 2.75) is 65.7 Å². The molecule has 21 heavy (non-hydrogen) atoms. The topological polar surface area (TPSA) is 17.1 Å². The zero-order valence-corrected chi connectivity index (χ0v) is 13.9. The summed E-state index contributed by atoms with van der Waals surface area (Å²) in [6.45, 7) is 7.63. The molecule has 0 N–H and O–H groups in total. The summed E-state index contributed by atoms with van der Waals surface area (Å²) in [7, 11) is 0. The predicted molar refractivity (Wildman–Crippen MR) is 85.8 cm³/mol. The van der Waals surface area contributed by atoms with Crippen molar-refractivity contribution in [1.82, 2.24) is 0 Å². The van der Waals surface area contributed by atoms with Gasteiger partial charge in [-0.2, -0.15) is 0 Å². The van der Waals surface area contributed by atoms with E-state index in [9.17, 15) is 4.79 Å². The minimum absolute atomic E-state index is 0.308. The second-order valence-electron chi connectivity index (χ2n) is 9.37. The first-order valence-electron chi connectivity index (χ1n) is 9.09. The molecule has 1 spiro atoms. The number of hydrogen-bond donors (Lipinski definition) is 0. The molecule has 1 heteroatoms. The van der Waals surface area contributed by atoms with Crippen LogP contribution in [-0.2, 0) is 4.79 Å². The van der Waals surface area contributed by atoms with Crippen LogP contribution in [0, 0.1) is 39.9 Å². The summed E-state index contributed by atoms with van der Waals surface area (Å²) in [5.41, 5.74) is 1.42. The summed E-state index contributed by atoms with van der Waals surface area (Å²) < 4.78 is 0. The lowest BCUT2D eigenvalue weighted by Gasteiger charge is -2.68. The van der Waals surface area contributed by atoms with Gasteiger partial charge >= 0.3 is 0 Å². The SMILES string of the molecule is CC1(C)CCC[C@]2(C)[C@H]3CC[C@@H](C=O)[C@H]4C=C[C@]43CC[C@@H]12. The standard InChI is InChI=1S/C20H30O/c1-18(2)9-4-10-19(3)16(18)8-12-20-11-7-15(20)14(13-21)5-6-17(19)20/h7,11,13-17H,4-6,8-10,12H2,1-3H3/t14-,15+,16-,17+,19-,20-/m0/s1. The van der Waals surface area contributed by atoms with Crippen LogP contribution in [0.4, 0.5) is 0 Å². The zero-order valence-electron chi connectivity index (χ0n) is 13.9. The molecule has 3 saturated carbocycles. The fraction of sp³-hybridized carbons (Fsp3) is 0.850. The van der Waals surface area contributed by atoms with Crippen LogP contribution in [0.3, 0.4) is 0 Å². The Morgan fingerprint density at radius 3 is 2.48 bits per heavy atom. The van der Waals surface area contributed by atoms with E-state index in [1.165, 1.54) is 44.8 Å². The molecule has 1 nitrogen and oxygen atoms in total. The Labute approximate surface area is 129 Å². The number of allylic oxidation sites excluding steroid dienone is 2.